The number of thiazole rings is 1. The first-order valence-corrected chi connectivity index (χ1v) is 9.57. The summed E-state index contributed by atoms with van der Waals surface area (Å²) in [5.41, 5.74) is 1.67. The summed E-state index contributed by atoms with van der Waals surface area (Å²) in [6.45, 7) is 0.808. The molecular formula is C21H17N3O3S. The lowest BCUT2D eigenvalue weighted by Gasteiger charge is -2.08. The van der Waals surface area contributed by atoms with E-state index < -0.39 is 5.91 Å². The fraction of sp³-hybridized carbons (Fsp3) is 0.0952. The summed E-state index contributed by atoms with van der Waals surface area (Å²) in [5, 5.41) is 4.52. The molecule has 28 heavy (non-hydrogen) atoms. The standard InChI is InChI=1S/C21H17N3O3S/c25-19(18-13-23-21-24(20(18)26)10-11-28-21)22-12-15-6-8-17(9-7-15)27-14-16-4-2-1-3-5-16/h1-11,13H,12,14H2,(H,22,25). The van der Waals surface area contributed by atoms with E-state index in [1.807, 2.05) is 54.6 Å². The van der Waals surface area contributed by atoms with Crippen LogP contribution >= 0.6 is 11.3 Å². The fourth-order valence-electron chi connectivity index (χ4n) is 2.70. The average molecular weight is 391 g/mol. The first kappa shape index (κ1) is 17.9. The second-order valence-electron chi connectivity index (χ2n) is 6.13. The topological polar surface area (TPSA) is 72.7 Å². The normalized spacial score (nSPS) is 10.7. The summed E-state index contributed by atoms with van der Waals surface area (Å²) in [5.74, 6) is 0.312. The molecule has 0 bridgehead atoms. The van der Waals surface area contributed by atoms with Gasteiger partial charge in [-0.25, -0.2) is 4.98 Å². The molecule has 0 aliphatic rings. The van der Waals surface area contributed by atoms with Crippen LogP contribution in [-0.2, 0) is 13.2 Å². The van der Waals surface area contributed by atoms with Gasteiger partial charge in [0, 0.05) is 24.3 Å². The molecule has 0 unspecified atom stereocenters. The van der Waals surface area contributed by atoms with Crippen molar-refractivity contribution in [1.82, 2.24) is 14.7 Å². The van der Waals surface area contributed by atoms with Crippen molar-refractivity contribution in [2.75, 3.05) is 0 Å². The Hall–Kier alpha value is -3.45. The summed E-state index contributed by atoms with van der Waals surface area (Å²) in [7, 11) is 0. The number of nitrogens with one attached hydrogen (secondary N) is 1. The second kappa shape index (κ2) is 8.06. The molecule has 7 heteroatoms. The van der Waals surface area contributed by atoms with E-state index >= 15 is 0 Å². The van der Waals surface area contributed by atoms with Crippen molar-refractivity contribution in [1.29, 1.82) is 0 Å². The summed E-state index contributed by atoms with van der Waals surface area (Å²) < 4.78 is 7.13. The zero-order chi connectivity index (χ0) is 19.3. The van der Waals surface area contributed by atoms with E-state index in [2.05, 4.69) is 10.3 Å². The lowest BCUT2D eigenvalue weighted by atomic mass is 10.2. The average Bonchev–Trinajstić information content (AvgIpc) is 3.22. The van der Waals surface area contributed by atoms with Crippen molar-refractivity contribution in [2.24, 2.45) is 0 Å². The van der Waals surface area contributed by atoms with Crippen LogP contribution in [0.4, 0.5) is 0 Å². The van der Waals surface area contributed by atoms with Gasteiger partial charge in [-0.15, -0.1) is 11.3 Å². The van der Waals surface area contributed by atoms with Crippen LogP contribution in [0, 0.1) is 0 Å². The number of nitrogens with zero attached hydrogens (tertiary/aromatic N) is 2. The molecule has 4 rings (SSSR count). The molecule has 2 aromatic carbocycles. The Kier molecular flexibility index (Phi) is 5.16. The number of aromatic nitrogens is 2. The molecule has 140 valence electrons. The lowest BCUT2D eigenvalue weighted by Crippen LogP contribution is -2.30. The molecular weight excluding hydrogens is 374 g/mol. The van der Waals surface area contributed by atoms with Gasteiger partial charge in [0.2, 0.25) is 0 Å². The van der Waals surface area contributed by atoms with Crippen molar-refractivity contribution < 1.29 is 9.53 Å². The zero-order valence-electron chi connectivity index (χ0n) is 14.9. The molecule has 6 nitrogen and oxygen atoms in total. The Bertz CT molecular complexity index is 1150. The number of rotatable bonds is 6. The van der Waals surface area contributed by atoms with Gasteiger partial charge in [0.25, 0.3) is 11.5 Å². The maximum atomic E-state index is 12.3. The number of carbonyl (C=O) groups excluding carboxylic acids is 1. The van der Waals surface area contributed by atoms with E-state index in [0.717, 1.165) is 16.9 Å². The van der Waals surface area contributed by atoms with Crippen LogP contribution in [0.5, 0.6) is 5.75 Å². The molecule has 0 atom stereocenters. The van der Waals surface area contributed by atoms with E-state index in [0.29, 0.717) is 18.1 Å². The zero-order valence-corrected chi connectivity index (χ0v) is 15.7. The van der Waals surface area contributed by atoms with Crippen LogP contribution in [0.2, 0.25) is 0 Å². The van der Waals surface area contributed by atoms with Crippen molar-refractivity contribution in [3.8, 4) is 5.75 Å². The molecule has 0 saturated carbocycles. The quantitative estimate of drug-likeness (QED) is 0.548. The van der Waals surface area contributed by atoms with E-state index in [1.165, 1.54) is 21.9 Å². The lowest BCUT2D eigenvalue weighted by molar-refractivity contribution is 0.0949. The van der Waals surface area contributed by atoms with E-state index in [4.69, 9.17) is 4.74 Å². The Morgan fingerprint density at radius 3 is 2.64 bits per heavy atom. The number of hydrogen-bond acceptors (Lipinski definition) is 5. The largest absolute Gasteiger partial charge is 0.489 e. The molecule has 1 N–H and O–H groups in total. The van der Waals surface area contributed by atoms with E-state index in [9.17, 15) is 9.59 Å². The maximum Gasteiger partial charge on any atom is 0.271 e. The van der Waals surface area contributed by atoms with Crippen LogP contribution < -0.4 is 15.6 Å². The predicted molar refractivity (Wildman–Crippen MR) is 108 cm³/mol. The van der Waals surface area contributed by atoms with Crippen molar-refractivity contribution in [3.63, 3.8) is 0 Å². The SMILES string of the molecule is O=C(NCc1ccc(OCc2ccccc2)cc1)c1cnc2sccn2c1=O. The molecule has 0 spiro atoms. The van der Waals surface area contributed by atoms with Gasteiger partial charge in [0.05, 0.1) is 0 Å². The Morgan fingerprint density at radius 2 is 1.86 bits per heavy atom. The monoisotopic (exact) mass is 391 g/mol. The summed E-state index contributed by atoms with van der Waals surface area (Å²) >= 11 is 1.34. The minimum Gasteiger partial charge on any atom is -0.489 e. The number of fused-ring (bicyclic) bond motifs is 1. The van der Waals surface area contributed by atoms with Crippen LogP contribution in [0.3, 0.4) is 0 Å². The number of carbonyl (C=O) groups is 1. The minimum atomic E-state index is -0.442. The Labute approximate surface area is 165 Å². The minimum absolute atomic E-state index is 0.0266. The van der Waals surface area contributed by atoms with Gasteiger partial charge in [-0.2, -0.15) is 0 Å². The summed E-state index contributed by atoms with van der Waals surface area (Å²) in [6, 6.07) is 17.4. The summed E-state index contributed by atoms with van der Waals surface area (Å²) in [4.78, 5) is 29.4. The van der Waals surface area contributed by atoms with Crippen LogP contribution in [0.15, 0.2) is 77.2 Å². The van der Waals surface area contributed by atoms with Crippen LogP contribution in [0.25, 0.3) is 4.96 Å². The number of amides is 1. The first-order chi connectivity index (χ1) is 13.7. The highest BCUT2D eigenvalue weighted by atomic mass is 32.1. The van der Waals surface area contributed by atoms with Crippen LogP contribution in [-0.4, -0.2) is 15.3 Å². The van der Waals surface area contributed by atoms with Gasteiger partial charge in [-0.3, -0.25) is 14.0 Å². The maximum absolute atomic E-state index is 12.3. The molecule has 2 heterocycles. The smallest absolute Gasteiger partial charge is 0.271 e. The molecule has 0 aliphatic carbocycles. The van der Waals surface area contributed by atoms with Gasteiger partial charge in [0.15, 0.2) is 4.96 Å². The Balaban J connectivity index is 1.36. The molecule has 0 aliphatic heterocycles. The third-order valence-corrected chi connectivity index (χ3v) is 4.98. The third-order valence-electron chi connectivity index (χ3n) is 4.21. The highest BCUT2D eigenvalue weighted by Crippen LogP contribution is 2.14. The predicted octanol–water partition coefficient (Wildman–Crippen LogP) is 3.27. The number of hydrogen-bond donors (Lipinski definition) is 1. The molecule has 0 radical (unpaired) electrons. The number of ether oxygens (including phenoxy) is 1. The van der Waals surface area contributed by atoms with Gasteiger partial charge in [0.1, 0.15) is 17.9 Å². The van der Waals surface area contributed by atoms with Crippen molar-refractivity contribution in [3.05, 3.63) is 99.4 Å². The van der Waals surface area contributed by atoms with E-state index in [-0.39, 0.29) is 11.1 Å². The van der Waals surface area contributed by atoms with Gasteiger partial charge in [-0.1, -0.05) is 42.5 Å². The second-order valence-corrected chi connectivity index (χ2v) is 7.01. The van der Waals surface area contributed by atoms with Gasteiger partial charge < -0.3 is 10.1 Å². The van der Waals surface area contributed by atoms with Gasteiger partial charge >= 0.3 is 0 Å². The molecule has 2 aromatic heterocycles. The Morgan fingerprint density at radius 1 is 1.07 bits per heavy atom. The van der Waals surface area contributed by atoms with Crippen LogP contribution in [0.1, 0.15) is 21.5 Å². The van der Waals surface area contributed by atoms with Crippen molar-refractivity contribution >= 4 is 22.2 Å². The summed E-state index contributed by atoms with van der Waals surface area (Å²) in [6.07, 6.45) is 2.93. The molecule has 0 fully saturated rings. The highest BCUT2D eigenvalue weighted by Gasteiger charge is 2.13. The third kappa shape index (κ3) is 3.94. The molecule has 1 amide bonds. The molecule has 0 saturated heterocycles. The fourth-order valence-corrected chi connectivity index (χ4v) is 3.38. The number of benzene rings is 2. The van der Waals surface area contributed by atoms with Crippen molar-refractivity contribution in [2.45, 2.75) is 13.2 Å². The molecule has 4 aromatic rings. The van der Waals surface area contributed by atoms with E-state index in [1.54, 1.807) is 11.6 Å². The highest BCUT2D eigenvalue weighted by molar-refractivity contribution is 7.15. The van der Waals surface area contributed by atoms with Gasteiger partial charge in [-0.05, 0) is 23.3 Å². The first-order valence-electron chi connectivity index (χ1n) is 8.69.